The molecule has 0 amide bonds. The maximum atomic E-state index is 13.0. The van der Waals surface area contributed by atoms with Gasteiger partial charge in [0.25, 0.3) is 11.4 Å². The van der Waals surface area contributed by atoms with Crippen LogP contribution >= 0.6 is 15.9 Å². The van der Waals surface area contributed by atoms with Gasteiger partial charge in [-0.2, -0.15) is 18.2 Å². The quantitative estimate of drug-likeness (QED) is 0.478. The van der Waals surface area contributed by atoms with Gasteiger partial charge in [-0.25, -0.2) is 14.3 Å². The van der Waals surface area contributed by atoms with E-state index >= 15 is 0 Å². The molecule has 0 saturated carbocycles. The molecule has 0 unspecified atom stereocenters. The lowest BCUT2D eigenvalue weighted by Gasteiger charge is -2.15. The standard InChI is InChI=1S/C18H12BrF3N4O5/c1-25-14(18(20,21)22)7-15(28)26(17(25)29)10-2-3-11(19)12(6-10)31-13-8-23-9-24-16(13)30-5-4-27/h2-4,6-9H,5H2,1H3. The van der Waals surface area contributed by atoms with Gasteiger partial charge in [0, 0.05) is 19.2 Å². The number of hydrogen-bond donors (Lipinski definition) is 0. The molecule has 3 aromatic rings. The molecule has 2 aromatic heterocycles. The van der Waals surface area contributed by atoms with E-state index in [9.17, 15) is 27.6 Å². The first-order valence-electron chi connectivity index (χ1n) is 8.38. The number of aromatic nitrogens is 4. The summed E-state index contributed by atoms with van der Waals surface area (Å²) in [5.74, 6) is 0.0639. The predicted octanol–water partition coefficient (Wildman–Crippen LogP) is 2.48. The van der Waals surface area contributed by atoms with Crippen LogP contribution in [0.1, 0.15) is 5.69 Å². The summed E-state index contributed by atoms with van der Waals surface area (Å²) in [5.41, 5.74) is -3.76. The molecule has 0 radical (unpaired) electrons. The van der Waals surface area contributed by atoms with E-state index in [4.69, 9.17) is 9.47 Å². The highest BCUT2D eigenvalue weighted by Crippen LogP contribution is 2.34. The Morgan fingerprint density at radius 1 is 1.19 bits per heavy atom. The number of rotatable bonds is 6. The van der Waals surface area contributed by atoms with Crippen LogP contribution in [0.15, 0.2) is 50.9 Å². The second kappa shape index (κ2) is 8.71. The van der Waals surface area contributed by atoms with Crippen LogP contribution in [-0.2, 0) is 18.0 Å². The summed E-state index contributed by atoms with van der Waals surface area (Å²) in [7, 11) is 0.912. The van der Waals surface area contributed by atoms with Crippen LogP contribution in [0.4, 0.5) is 13.2 Å². The first-order valence-corrected chi connectivity index (χ1v) is 9.17. The lowest BCUT2D eigenvalue weighted by Crippen LogP contribution is -2.40. The van der Waals surface area contributed by atoms with Crippen LogP contribution in [0.3, 0.4) is 0 Å². The molecule has 0 saturated heterocycles. The molecule has 0 fully saturated rings. The molecular formula is C18H12BrF3N4O5. The van der Waals surface area contributed by atoms with Gasteiger partial charge in [0.2, 0.25) is 5.75 Å². The zero-order valence-corrected chi connectivity index (χ0v) is 17.2. The number of carbonyl (C=O) groups excluding carboxylic acids is 1. The molecule has 31 heavy (non-hydrogen) atoms. The second-order valence-electron chi connectivity index (χ2n) is 5.93. The third-order valence-electron chi connectivity index (χ3n) is 3.94. The van der Waals surface area contributed by atoms with Crippen molar-refractivity contribution in [2.75, 3.05) is 6.61 Å². The maximum Gasteiger partial charge on any atom is 0.431 e. The van der Waals surface area contributed by atoms with E-state index in [0.717, 1.165) is 7.05 Å². The summed E-state index contributed by atoms with van der Waals surface area (Å²) < 4.78 is 51.2. The average Bonchev–Trinajstić information content (AvgIpc) is 2.71. The van der Waals surface area contributed by atoms with E-state index in [2.05, 4.69) is 25.9 Å². The van der Waals surface area contributed by atoms with Gasteiger partial charge in [0.15, 0.2) is 6.29 Å². The fourth-order valence-corrected chi connectivity index (χ4v) is 2.89. The summed E-state index contributed by atoms with van der Waals surface area (Å²) in [6, 6.07) is 4.37. The molecule has 0 aliphatic rings. The molecule has 0 bridgehead atoms. The summed E-state index contributed by atoms with van der Waals surface area (Å²) >= 11 is 3.24. The number of aldehydes is 1. The van der Waals surface area contributed by atoms with Crippen molar-refractivity contribution in [3.63, 3.8) is 0 Å². The molecule has 13 heteroatoms. The topological polar surface area (TPSA) is 105 Å². The highest BCUT2D eigenvalue weighted by molar-refractivity contribution is 9.10. The van der Waals surface area contributed by atoms with Gasteiger partial charge in [-0.15, -0.1) is 0 Å². The molecule has 0 atom stereocenters. The minimum Gasteiger partial charge on any atom is -0.467 e. The summed E-state index contributed by atoms with van der Waals surface area (Å²) in [6.07, 6.45) is -1.93. The number of alkyl halides is 3. The van der Waals surface area contributed by atoms with Crippen molar-refractivity contribution in [3.05, 3.63) is 67.8 Å². The SMILES string of the molecule is Cn1c(C(F)(F)F)cc(=O)n(-c2ccc(Br)c(Oc3cncnc3OCC=O)c2)c1=O. The van der Waals surface area contributed by atoms with Crippen LogP contribution in [0, 0.1) is 0 Å². The van der Waals surface area contributed by atoms with Crippen molar-refractivity contribution >= 4 is 22.2 Å². The fourth-order valence-electron chi connectivity index (χ4n) is 2.56. The molecule has 3 rings (SSSR count). The Bertz CT molecular complexity index is 1260. The van der Waals surface area contributed by atoms with Crippen LogP contribution < -0.4 is 20.7 Å². The summed E-state index contributed by atoms with van der Waals surface area (Å²) in [5, 5.41) is 0. The van der Waals surface area contributed by atoms with Gasteiger partial charge in [-0.1, -0.05) is 0 Å². The Kier molecular flexibility index (Phi) is 6.24. The van der Waals surface area contributed by atoms with Crippen LogP contribution in [-0.4, -0.2) is 32.0 Å². The van der Waals surface area contributed by atoms with Gasteiger partial charge >= 0.3 is 11.9 Å². The average molecular weight is 501 g/mol. The van der Waals surface area contributed by atoms with Crippen molar-refractivity contribution in [2.24, 2.45) is 7.05 Å². The normalized spacial score (nSPS) is 11.3. The highest BCUT2D eigenvalue weighted by Gasteiger charge is 2.35. The lowest BCUT2D eigenvalue weighted by atomic mass is 10.3. The largest absolute Gasteiger partial charge is 0.467 e. The highest BCUT2D eigenvalue weighted by atomic mass is 79.9. The molecule has 1 aromatic carbocycles. The predicted molar refractivity (Wildman–Crippen MR) is 104 cm³/mol. The van der Waals surface area contributed by atoms with Crippen LogP contribution in [0.2, 0.25) is 0 Å². The Morgan fingerprint density at radius 2 is 1.94 bits per heavy atom. The molecule has 2 heterocycles. The van der Waals surface area contributed by atoms with Gasteiger partial charge < -0.3 is 9.47 Å². The first kappa shape index (κ1) is 22.2. The van der Waals surface area contributed by atoms with E-state index in [1.54, 1.807) is 0 Å². The molecule has 0 aliphatic heterocycles. The summed E-state index contributed by atoms with van der Waals surface area (Å²) in [6.45, 7) is -0.286. The zero-order valence-electron chi connectivity index (χ0n) is 15.6. The zero-order chi connectivity index (χ0) is 22.8. The van der Waals surface area contributed by atoms with Crippen LogP contribution in [0.5, 0.6) is 17.4 Å². The Balaban J connectivity index is 2.08. The van der Waals surface area contributed by atoms with Gasteiger partial charge in [-0.05, 0) is 28.1 Å². The van der Waals surface area contributed by atoms with Gasteiger partial charge in [0.1, 0.15) is 24.4 Å². The van der Waals surface area contributed by atoms with E-state index in [0.29, 0.717) is 26.0 Å². The first-order chi connectivity index (χ1) is 14.6. The van der Waals surface area contributed by atoms with Crippen molar-refractivity contribution < 1.29 is 27.4 Å². The van der Waals surface area contributed by atoms with E-state index in [1.165, 1.54) is 30.7 Å². The Hall–Kier alpha value is -3.48. The third kappa shape index (κ3) is 4.66. The smallest absolute Gasteiger partial charge is 0.431 e. The number of benzene rings is 1. The van der Waals surface area contributed by atoms with Crippen molar-refractivity contribution in [1.29, 1.82) is 0 Å². The van der Waals surface area contributed by atoms with Crippen molar-refractivity contribution in [3.8, 4) is 23.1 Å². The number of carbonyl (C=O) groups is 1. The van der Waals surface area contributed by atoms with Crippen LogP contribution in [0.25, 0.3) is 5.69 Å². The third-order valence-corrected chi connectivity index (χ3v) is 4.59. The molecular weight excluding hydrogens is 489 g/mol. The van der Waals surface area contributed by atoms with E-state index in [-0.39, 0.29) is 29.7 Å². The number of nitrogens with zero attached hydrogens (tertiary/aromatic N) is 4. The monoisotopic (exact) mass is 500 g/mol. The Labute approximate surface area is 179 Å². The number of hydrogen-bond acceptors (Lipinski definition) is 7. The minimum absolute atomic E-state index is 0.0230. The van der Waals surface area contributed by atoms with Crippen molar-refractivity contribution in [1.82, 2.24) is 19.1 Å². The van der Waals surface area contributed by atoms with E-state index in [1.807, 2.05) is 0 Å². The fraction of sp³-hybridized carbons (Fsp3) is 0.167. The second-order valence-corrected chi connectivity index (χ2v) is 6.78. The Morgan fingerprint density at radius 3 is 2.61 bits per heavy atom. The maximum absolute atomic E-state index is 13.0. The van der Waals surface area contributed by atoms with Gasteiger partial charge in [0.05, 0.1) is 16.4 Å². The molecule has 0 aliphatic carbocycles. The molecule has 0 spiro atoms. The van der Waals surface area contributed by atoms with E-state index < -0.39 is 23.1 Å². The number of ether oxygens (including phenoxy) is 2. The molecule has 162 valence electrons. The molecule has 9 nitrogen and oxygen atoms in total. The summed E-state index contributed by atoms with van der Waals surface area (Å²) in [4.78, 5) is 43.0. The van der Waals surface area contributed by atoms with Crippen molar-refractivity contribution in [2.45, 2.75) is 6.18 Å². The molecule has 0 N–H and O–H groups in total. The number of halogens is 4. The lowest BCUT2D eigenvalue weighted by molar-refractivity contribution is -0.144. The van der Waals surface area contributed by atoms with Gasteiger partial charge in [-0.3, -0.25) is 14.2 Å². The minimum atomic E-state index is -4.87.